The fourth-order valence-corrected chi connectivity index (χ4v) is 4.19. The largest absolute Gasteiger partial charge is 0.504 e. The lowest BCUT2D eigenvalue weighted by Crippen LogP contribution is -2.29. The van der Waals surface area contributed by atoms with Crippen LogP contribution in [0.25, 0.3) is 0 Å². The van der Waals surface area contributed by atoms with Crippen molar-refractivity contribution in [2.45, 2.75) is 19.3 Å². The van der Waals surface area contributed by atoms with Crippen LogP contribution in [0.2, 0.25) is 0 Å². The van der Waals surface area contributed by atoms with Gasteiger partial charge in [-0.05, 0) is 57.6 Å². The summed E-state index contributed by atoms with van der Waals surface area (Å²) in [5.41, 5.74) is 4.65. The van der Waals surface area contributed by atoms with E-state index in [0.29, 0.717) is 4.47 Å². The molecule has 0 saturated heterocycles. The summed E-state index contributed by atoms with van der Waals surface area (Å²) in [5, 5.41) is 20.2. The first kappa shape index (κ1) is 17.1. The van der Waals surface area contributed by atoms with Gasteiger partial charge in [-0.2, -0.15) is 0 Å². The van der Waals surface area contributed by atoms with E-state index < -0.39 is 0 Å². The van der Waals surface area contributed by atoms with Crippen molar-refractivity contribution in [2.24, 2.45) is 0 Å². The SMILES string of the molecule is C=CCN1CCc2c(cc(O)c(O)c2Br)C(c2ccccc2C)C1. The quantitative estimate of drug-likeness (QED) is 0.607. The number of aromatic hydroxyl groups is 2. The average Bonchev–Trinajstić information content (AvgIpc) is 2.74. The van der Waals surface area contributed by atoms with Crippen LogP contribution in [0.5, 0.6) is 11.5 Å². The van der Waals surface area contributed by atoms with Gasteiger partial charge in [-0.15, -0.1) is 6.58 Å². The monoisotopic (exact) mass is 387 g/mol. The Balaban J connectivity index is 2.18. The molecule has 0 amide bonds. The predicted octanol–water partition coefficient (Wildman–Crippen LogP) is 4.34. The van der Waals surface area contributed by atoms with Gasteiger partial charge in [0, 0.05) is 25.6 Å². The van der Waals surface area contributed by atoms with Gasteiger partial charge in [-0.25, -0.2) is 0 Å². The van der Waals surface area contributed by atoms with Gasteiger partial charge in [0.1, 0.15) is 0 Å². The maximum atomic E-state index is 10.1. The molecule has 2 aromatic carbocycles. The number of hydrogen-bond acceptors (Lipinski definition) is 3. The molecule has 126 valence electrons. The highest BCUT2D eigenvalue weighted by molar-refractivity contribution is 9.10. The highest BCUT2D eigenvalue weighted by Crippen LogP contribution is 2.44. The summed E-state index contributed by atoms with van der Waals surface area (Å²) in [6, 6.07) is 10.1. The van der Waals surface area contributed by atoms with E-state index in [1.807, 2.05) is 12.1 Å². The molecule has 0 saturated carbocycles. The zero-order valence-corrected chi connectivity index (χ0v) is 15.4. The van der Waals surface area contributed by atoms with E-state index in [-0.39, 0.29) is 17.4 Å². The maximum absolute atomic E-state index is 10.1. The van der Waals surface area contributed by atoms with E-state index in [1.54, 1.807) is 6.07 Å². The molecule has 1 aliphatic heterocycles. The highest BCUT2D eigenvalue weighted by atomic mass is 79.9. The smallest absolute Gasteiger partial charge is 0.172 e. The molecule has 0 bridgehead atoms. The summed E-state index contributed by atoms with van der Waals surface area (Å²) >= 11 is 3.48. The molecular weight excluding hydrogens is 366 g/mol. The minimum Gasteiger partial charge on any atom is -0.504 e. The Morgan fingerprint density at radius 1 is 1.29 bits per heavy atom. The topological polar surface area (TPSA) is 43.7 Å². The van der Waals surface area contributed by atoms with Crippen molar-refractivity contribution in [3.8, 4) is 11.5 Å². The van der Waals surface area contributed by atoms with Crippen molar-refractivity contribution in [2.75, 3.05) is 19.6 Å². The number of hydrogen-bond donors (Lipinski definition) is 2. The highest BCUT2D eigenvalue weighted by Gasteiger charge is 2.28. The Morgan fingerprint density at radius 2 is 2.04 bits per heavy atom. The molecule has 1 atom stereocenters. The minimum atomic E-state index is -0.0746. The normalized spacial score (nSPS) is 18.0. The lowest BCUT2D eigenvalue weighted by molar-refractivity contribution is 0.306. The predicted molar refractivity (Wildman–Crippen MR) is 101 cm³/mol. The number of fused-ring (bicyclic) bond motifs is 1. The van der Waals surface area contributed by atoms with E-state index in [0.717, 1.165) is 37.2 Å². The van der Waals surface area contributed by atoms with E-state index in [1.165, 1.54) is 11.1 Å². The molecule has 1 unspecified atom stereocenters. The van der Waals surface area contributed by atoms with Crippen LogP contribution < -0.4 is 0 Å². The molecule has 4 heteroatoms. The van der Waals surface area contributed by atoms with Gasteiger partial charge in [0.2, 0.25) is 0 Å². The first-order valence-electron chi connectivity index (χ1n) is 8.15. The number of phenolic OH excluding ortho intramolecular Hbond substituents is 2. The molecule has 24 heavy (non-hydrogen) atoms. The summed E-state index contributed by atoms with van der Waals surface area (Å²) < 4.78 is 0.608. The molecule has 0 radical (unpaired) electrons. The first-order chi connectivity index (χ1) is 11.5. The standard InChI is InChI=1S/C20H22BrNO2/c1-3-9-22-10-8-15-16(11-18(23)20(24)19(15)21)17(12-22)14-7-5-4-6-13(14)2/h3-7,11,17,23-24H,1,8-10,12H2,2H3. The summed E-state index contributed by atoms with van der Waals surface area (Å²) in [6.45, 7) is 8.56. The zero-order valence-electron chi connectivity index (χ0n) is 13.8. The summed E-state index contributed by atoms with van der Waals surface area (Å²) in [4.78, 5) is 2.37. The Morgan fingerprint density at radius 3 is 2.75 bits per heavy atom. The Bertz CT molecular complexity index is 772. The Hall–Kier alpha value is -1.78. The van der Waals surface area contributed by atoms with Crippen LogP contribution in [-0.2, 0) is 6.42 Å². The Labute approximate surface area is 151 Å². The molecule has 0 aromatic heterocycles. The fourth-order valence-electron chi connectivity index (χ4n) is 3.56. The van der Waals surface area contributed by atoms with Crippen molar-refractivity contribution >= 4 is 15.9 Å². The molecular formula is C20H22BrNO2. The van der Waals surface area contributed by atoms with Crippen LogP contribution >= 0.6 is 15.9 Å². The van der Waals surface area contributed by atoms with Crippen molar-refractivity contribution in [1.29, 1.82) is 0 Å². The average molecular weight is 388 g/mol. The number of nitrogens with zero attached hydrogens (tertiary/aromatic N) is 1. The van der Waals surface area contributed by atoms with E-state index in [4.69, 9.17) is 0 Å². The molecule has 0 aliphatic carbocycles. The van der Waals surface area contributed by atoms with Crippen LogP contribution in [0.1, 0.15) is 28.2 Å². The van der Waals surface area contributed by atoms with Gasteiger partial charge in [-0.3, -0.25) is 4.90 Å². The van der Waals surface area contributed by atoms with Crippen molar-refractivity contribution in [3.05, 3.63) is 69.7 Å². The molecule has 0 spiro atoms. The van der Waals surface area contributed by atoms with Crippen LogP contribution in [0.15, 0.2) is 47.5 Å². The maximum Gasteiger partial charge on any atom is 0.172 e. The van der Waals surface area contributed by atoms with Gasteiger partial charge in [0.15, 0.2) is 11.5 Å². The summed E-state index contributed by atoms with van der Waals surface area (Å²) in [7, 11) is 0. The van der Waals surface area contributed by atoms with Gasteiger partial charge in [0.25, 0.3) is 0 Å². The number of rotatable bonds is 3. The van der Waals surface area contributed by atoms with Gasteiger partial charge in [-0.1, -0.05) is 30.3 Å². The summed E-state index contributed by atoms with van der Waals surface area (Å²) in [6.07, 6.45) is 2.74. The van der Waals surface area contributed by atoms with E-state index in [9.17, 15) is 10.2 Å². The van der Waals surface area contributed by atoms with E-state index >= 15 is 0 Å². The number of benzene rings is 2. The van der Waals surface area contributed by atoms with Gasteiger partial charge in [0.05, 0.1) is 4.47 Å². The lowest BCUT2D eigenvalue weighted by Gasteiger charge is -2.25. The van der Waals surface area contributed by atoms with Gasteiger partial charge >= 0.3 is 0 Å². The van der Waals surface area contributed by atoms with Gasteiger partial charge < -0.3 is 10.2 Å². The molecule has 1 heterocycles. The molecule has 3 nitrogen and oxygen atoms in total. The Kier molecular flexibility index (Phi) is 4.97. The third-order valence-electron chi connectivity index (χ3n) is 4.80. The van der Waals surface area contributed by atoms with Crippen LogP contribution in [0, 0.1) is 6.92 Å². The number of phenols is 2. The summed E-state index contributed by atoms with van der Waals surface area (Å²) in [5.74, 6) is -0.00251. The molecule has 1 aliphatic rings. The second-order valence-corrected chi connectivity index (χ2v) is 7.13. The van der Waals surface area contributed by atoms with E-state index in [2.05, 4.69) is 52.5 Å². The first-order valence-corrected chi connectivity index (χ1v) is 8.94. The second kappa shape index (κ2) is 6.99. The second-order valence-electron chi connectivity index (χ2n) is 6.33. The van der Waals surface area contributed by atoms with Crippen molar-refractivity contribution in [1.82, 2.24) is 4.90 Å². The number of aryl methyl sites for hydroxylation is 1. The fraction of sp³-hybridized carbons (Fsp3) is 0.300. The third kappa shape index (κ3) is 3.08. The van der Waals surface area contributed by atoms with Crippen molar-refractivity contribution in [3.63, 3.8) is 0 Å². The molecule has 0 fully saturated rings. The lowest BCUT2D eigenvalue weighted by atomic mass is 9.85. The third-order valence-corrected chi connectivity index (χ3v) is 5.66. The zero-order chi connectivity index (χ0) is 17.3. The van der Waals surface area contributed by atoms with Crippen LogP contribution in [-0.4, -0.2) is 34.7 Å². The minimum absolute atomic E-state index is 0.0728. The molecule has 3 rings (SSSR count). The molecule has 2 aromatic rings. The molecule has 2 N–H and O–H groups in total. The van der Waals surface area contributed by atoms with Crippen LogP contribution in [0.3, 0.4) is 0 Å². The van der Waals surface area contributed by atoms with Crippen molar-refractivity contribution < 1.29 is 10.2 Å². The van der Waals surface area contributed by atoms with Crippen LogP contribution in [0.4, 0.5) is 0 Å². The number of halogens is 1.